The van der Waals surface area contributed by atoms with E-state index >= 15 is 0 Å². The molecule has 1 aliphatic rings. The van der Waals surface area contributed by atoms with Gasteiger partial charge in [-0.05, 0) is 36.2 Å². The number of nitroso groups, excluding NO2 is 1. The van der Waals surface area contributed by atoms with E-state index in [4.69, 9.17) is 14.5 Å². The van der Waals surface area contributed by atoms with Crippen molar-refractivity contribution in [1.82, 2.24) is 4.98 Å². The van der Waals surface area contributed by atoms with Gasteiger partial charge >= 0.3 is 0 Å². The third kappa shape index (κ3) is 3.61. The maximum absolute atomic E-state index is 11.3. The standard InChI is InChI=1S/C20H25N3O3/c1-14-6-4-7-16(20(14)22-24)17-8-5-9-19(21-17)23-11-10-15(12-25-2)18(23)13-26-3/h4-9,15,18H,10-13H2,1-3H3/t15-,18+/m0/s1. The lowest BCUT2D eigenvalue weighted by molar-refractivity contribution is 0.112. The lowest BCUT2D eigenvalue weighted by Gasteiger charge is -2.28. The van der Waals surface area contributed by atoms with Crippen molar-refractivity contribution in [2.24, 2.45) is 11.1 Å². The van der Waals surface area contributed by atoms with Crippen LogP contribution in [0.15, 0.2) is 41.6 Å². The topological polar surface area (TPSA) is 64.0 Å². The van der Waals surface area contributed by atoms with Crippen LogP contribution < -0.4 is 4.90 Å². The van der Waals surface area contributed by atoms with Crippen LogP contribution in [0.5, 0.6) is 0 Å². The fourth-order valence-corrected chi connectivity index (χ4v) is 3.73. The minimum atomic E-state index is 0.226. The van der Waals surface area contributed by atoms with E-state index in [1.165, 1.54) is 0 Å². The summed E-state index contributed by atoms with van der Waals surface area (Å²) < 4.78 is 10.8. The largest absolute Gasteiger partial charge is 0.384 e. The summed E-state index contributed by atoms with van der Waals surface area (Å²) in [4.78, 5) is 18.4. The summed E-state index contributed by atoms with van der Waals surface area (Å²) >= 11 is 0. The molecule has 1 aromatic heterocycles. The molecule has 2 heterocycles. The predicted octanol–water partition coefficient (Wildman–Crippen LogP) is 3.94. The second kappa shape index (κ2) is 8.38. The highest BCUT2D eigenvalue weighted by atomic mass is 16.5. The second-order valence-corrected chi connectivity index (χ2v) is 6.66. The minimum Gasteiger partial charge on any atom is -0.384 e. The highest BCUT2D eigenvalue weighted by Crippen LogP contribution is 2.34. The van der Waals surface area contributed by atoms with Gasteiger partial charge in [0.25, 0.3) is 0 Å². The Bertz CT molecular complexity index is 766. The SMILES string of the molecule is COC[C@@H]1CCN(c2cccc(-c3cccc(C)c3N=O)n2)[C@@H]1COC. The average Bonchev–Trinajstić information content (AvgIpc) is 3.05. The number of benzene rings is 1. The fourth-order valence-electron chi connectivity index (χ4n) is 3.73. The van der Waals surface area contributed by atoms with Crippen LogP contribution in [0.3, 0.4) is 0 Å². The Morgan fingerprint density at radius 1 is 1.15 bits per heavy atom. The molecular weight excluding hydrogens is 330 g/mol. The van der Waals surface area contributed by atoms with Gasteiger partial charge < -0.3 is 14.4 Å². The molecule has 0 saturated carbocycles. The first-order chi connectivity index (χ1) is 12.7. The second-order valence-electron chi connectivity index (χ2n) is 6.66. The number of hydrogen-bond acceptors (Lipinski definition) is 6. The summed E-state index contributed by atoms with van der Waals surface area (Å²) in [6.45, 7) is 4.13. The van der Waals surface area contributed by atoms with E-state index in [0.717, 1.165) is 35.6 Å². The van der Waals surface area contributed by atoms with Crippen molar-refractivity contribution < 1.29 is 9.47 Å². The third-order valence-electron chi connectivity index (χ3n) is 5.04. The molecule has 0 aliphatic carbocycles. The predicted molar refractivity (Wildman–Crippen MR) is 103 cm³/mol. The number of methoxy groups -OCH3 is 2. The molecule has 26 heavy (non-hydrogen) atoms. The van der Waals surface area contributed by atoms with Crippen LogP contribution in [0.25, 0.3) is 11.3 Å². The summed E-state index contributed by atoms with van der Waals surface area (Å²) in [6.07, 6.45) is 1.04. The Morgan fingerprint density at radius 3 is 2.65 bits per heavy atom. The zero-order chi connectivity index (χ0) is 18.5. The van der Waals surface area contributed by atoms with Crippen molar-refractivity contribution in [2.45, 2.75) is 19.4 Å². The molecule has 3 rings (SSSR count). The van der Waals surface area contributed by atoms with Crippen molar-refractivity contribution in [3.8, 4) is 11.3 Å². The minimum absolute atomic E-state index is 0.226. The molecule has 0 amide bonds. The molecule has 0 radical (unpaired) electrons. The highest BCUT2D eigenvalue weighted by molar-refractivity contribution is 5.76. The molecule has 1 aromatic carbocycles. The van der Waals surface area contributed by atoms with Crippen LogP contribution in [0.2, 0.25) is 0 Å². The molecule has 1 fully saturated rings. The van der Waals surface area contributed by atoms with Gasteiger partial charge in [-0.1, -0.05) is 24.3 Å². The molecule has 2 atom stereocenters. The maximum atomic E-state index is 11.3. The Morgan fingerprint density at radius 2 is 1.92 bits per heavy atom. The van der Waals surface area contributed by atoms with Crippen LogP contribution >= 0.6 is 0 Å². The molecule has 2 aromatic rings. The number of nitrogens with zero attached hydrogens (tertiary/aromatic N) is 3. The summed E-state index contributed by atoms with van der Waals surface area (Å²) in [5, 5.41) is 3.21. The zero-order valence-corrected chi connectivity index (χ0v) is 15.5. The molecule has 138 valence electrons. The first-order valence-corrected chi connectivity index (χ1v) is 8.84. The van der Waals surface area contributed by atoms with Crippen molar-refractivity contribution >= 4 is 11.5 Å². The number of ether oxygens (including phenoxy) is 2. The molecule has 0 bridgehead atoms. The van der Waals surface area contributed by atoms with Gasteiger partial charge in [0.15, 0.2) is 0 Å². The van der Waals surface area contributed by atoms with Gasteiger partial charge in [-0.3, -0.25) is 0 Å². The first kappa shape index (κ1) is 18.5. The molecule has 0 N–H and O–H groups in total. The first-order valence-electron chi connectivity index (χ1n) is 8.84. The number of aryl methyl sites for hydroxylation is 1. The normalized spacial score (nSPS) is 19.7. The molecule has 0 unspecified atom stereocenters. The highest BCUT2D eigenvalue weighted by Gasteiger charge is 2.35. The Hall–Kier alpha value is -2.31. The number of aromatic nitrogens is 1. The number of pyridine rings is 1. The van der Waals surface area contributed by atoms with E-state index in [1.807, 2.05) is 43.3 Å². The van der Waals surface area contributed by atoms with Crippen LogP contribution in [-0.4, -0.2) is 45.0 Å². The quantitative estimate of drug-likeness (QED) is 0.704. The van der Waals surface area contributed by atoms with Crippen LogP contribution in [-0.2, 0) is 9.47 Å². The summed E-state index contributed by atoms with van der Waals surface area (Å²) in [7, 11) is 3.45. The van der Waals surface area contributed by atoms with Gasteiger partial charge in [0.05, 0.1) is 24.9 Å². The molecule has 1 saturated heterocycles. The van der Waals surface area contributed by atoms with Gasteiger partial charge in [0.1, 0.15) is 11.5 Å². The van der Waals surface area contributed by atoms with Gasteiger partial charge in [0, 0.05) is 32.2 Å². The molecule has 6 nitrogen and oxygen atoms in total. The van der Waals surface area contributed by atoms with E-state index in [1.54, 1.807) is 14.2 Å². The van der Waals surface area contributed by atoms with E-state index in [-0.39, 0.29) is 6.04 Å². The van der Waals surface area contributed by atoms with E-state index in [9.17, 15) is 4.91 Å². The molecule has 6 heteroatoms. The van der Waals surface area contributed by atoms with Crippen molar-refractivity contribution in [3.05, 3.63) is 46.9 Å². The fraction of sp³-hybridized carbons (Fsp3) is 0.450. The monoisotopic (exact) mass is 355 g/mol. The smallest absolute Gasteiger partial charge is 0.129 e. The van der Waals surface area contributed by atoms with Crippen LogP contribution in [0.4, 0.5) is 11.5 Å². The zero-order valence-electron chi connectivity index (χ0n) is 15.5. The van der Waals surface area contributed by atoms with Gasteiger partial charge in [-0.15, -0.1) is 4.91 Å². The van der Waals surface area contributed by atoms with Crippen molar-refractivity contribution in [2.75, 3.05) is 38.9 Å². The molecule has 1 aliphatic heterocycles. The van der Waals surface area contributed by atoms with Gasteiger partial charge in [-0.2, -0.15) is 0 Å². The Kier molecular flexibility index (Phi) is 5.96. The Labute approximate surface area is 154 Å². The van der Waals surface area contributed by atoms with E-state index in [2.05, 4.69) is 10.1 Å². The average molecular weight is 355 g/mol. The maximum Gasteiger partial charge on any atom is 0.129 e. The van der Waals surface area contributed by atoms with Crippen molar-refractivity contribution in [1.29, 1.82) is 0 Å². The van der Waals surface area contributed by atoms with E-state index < -0.39 is 0 Å². The van der Waals surface area contributed by atoms with Gasteiger partial charge in [-0.25, -0.2) is 4.98 Å². The van der Waals surface area contributed by atoms with Crippen LogP contribution in [0, 0.1) is 17.7 Å². The number of anilines is 1. The molecule has 0 spiro atoms. The number of rotatable bonds is 7. The lowest BCUT2D eigenvalue weighted by atomic mass is 10.0. The molecular formula is C20H25N3O3. The lowest BCUT2D eigenvalue weighted by Crippen LogP contribution is -2.38. The summed E-state index contributed by atoms with van der Waals surface area (Å²) in [6, 6.07) is 11.8. The van der Waals surface area contributed by atoms with Crippen LogP contribution in [0.1, 0.15) is 12.0 Å². The summed E-state index contributed by atoms with van der Waals surface area (Å²) in [5.74, 6) is 1.30. The Balaban J connectivity index is 1.95. The number of hydrogen-bond donors (Lipinski definition) is 0. The van der Waals surface area contributed by atoms with E-state index in [0.29, 0.717) is 24.8 Å². The van der Waals surface area contributed by atoms with Crippen molar-refractivity contribution in [3.63, 3.8) is 0 Å². The third-order valence-corrected chi connectivity index (χ3v) is 5.04. The summed E-state index contributed by atoms with van der Waals surface area (Å²) in [5.41, 5.74) is 2.82. The van der Waals surface area contributed by atoms with Gasteiger partial charge in [0.2, 0.25) is 0 Å².